The second-order valence-electron chi connectivity index (χ2n) is 15.1. The van der Waals surface area contributed by atoms with Crippen LogP contribution in [0.5, 0.6) is 0 Å². The van der Waals surface area contributed by atoms with E-state index in [2.05, 4.69) is 191 Å². The Balaban J connectivity index is 0.896. The first-order valence-electron chi connectivity index (χ1n) is 19.6. The van der Waals surface area contributed by atoms with Gasteiger partial charge in [-0.1, -0.05) is 115 Å². The van der Waals surface area contributed by atoms with Crippen LogP contribution in [0, 0.1) is 0 Å². The molecule has 13 aromatic rings. The molecule has 0 bridgehead atoms. The SMILES string of the molecule is c1cc(-c2ccc(-c3cccc(-n4c5ccccc5c5c6sc7ccccc7c6ccc54)c3)nc2)cc(-n2c3ccccc3c3c4sc5ccccc5c4ccc32)c1. The molecule has 0 unspecified atom stereocenters. The van der Waals surface area contributed by atoms with E-state index in [0.717, 1.165) is 33.8 Å². The third-order valence-electron chi connectivity index (χ3n) is 12.0. The predicted molar refractivity (Wildman–Crippen MR) is 250 cm³/mol. The second-order valence-corrected chi connectivity index (χ2v) is 17.2. The molecule has 0 amide bonds. The largest absolute Gasteiger partial charge is 0.309 e. The minimum atomic E-state index is 0.948. The number of para-hydroxylation sites is 2. The van der Waals surface area contributed by atoms with Gasteiger partial charge in [0.25, 0.3) is 0 Å². The van der Waals surface area contributed by atoms with E-state index >= 15 is 0 Å². The molecule has 0 aliphatic heterocycles. The Bertz CT molecular complexity index is 3550. The average Bonchev–Trinajstić information content (AvgIpc) is 4.04. The van der Waals surface area contributed by atoms with Gasteiger partial charge in [-0.15, -0.1) is 22.7 Å². The van der Waals surface area contributed by atoms with Crippen molar-refractivity contribution >= 4 is 107 Å². The van der Waals surface area contributed by atoms with Crippen molar-refractivity contribution < 1.29 is 0 Å². The fourth-order valence-electron chi connectivity index (χ4n) is 9.39. The molecule has 13 rings (SSSR count). The van der Waals surface area contributed by atoms with E-state index in [1.165, 1.54) is 84.0 Å². The van der Waals surface area contributed by atoms with E-state index in [9.17, 15) is 0 Å². The van der Waals surface area contributed by atoms with Crippen molar-refractivity contribution in [3.8, 4) is 33.8 Å². The van der Waals surface area contributed by atoms with E-state index in [4.69, 9.17) is 4.98 Å². The normalized spacial score (nSPS) is 12.1. The number of fused-ring (bicyclic) bond motifs is 14. The molecule has 58 heavy (non-hydrogen) atoms. The Kier molecular flexibility index (Phi) is 6.76. The van der Waals surface area contributed by atoms with Crippen molar-refractivity contribution in [2.45, 2.75) is 0 Å². The van der Waals surface area contributed by atoms with Crippen LogP contribution in [0.3, 0.4) is 0 Å². The number of thiophene rings is 2. The Morgan fingerprint density at radius 3 is 1.40 bits per heavy atom. The van der Waals surface area contributed by atoms with Crippen molar-refractivity contribution in [2.75, 3.05) is 0 Å². The van der Waals surface area contributed by atoms with Crippen molar-refractivity contribution in [1.29, 1.82) is 0 Å². The zero-order chi connectivity index (χ0) is 37.9. The lowest BCUT2D eigenvalue weighted by Gasteiger charge is -2.12. The summed E-state index contributed by atoms with van der Waals surface area (Å²) in [6.45, 7) is 0. The summed E-state index contributed by atoms with van der Waals surface area (Å²) in [5, 5.41) is 10.5. The smallest absolute Gasteiger partial charge is 0.0703 e. The van der Waals surface area contributed by atoms with Crippen LogP contribution in [-0.2, 0) is 0 Å². The van der Waals surface area contributed by atoms with Crippen LogP contribution in [0.25, 0.3) is 118 Å². The van der Waals surface area contributed by atoms with Crippen LogP contribution in [-0.4, -0.2) is 14.1 Å². The van der Waals surface area contributed by atoms with E-state index < -0.39 is 0 Å². The Morgan fingerprint density at radius 1 is 0.345 bits per heavy atom. The van der Waals surface area contributed by atoms with Gasteiger partial charge in [0.15, 0.2) is 0 Å². The molecule has 0 atom stereocenters. The molecule has 5 heterocycles. The fraction of sp³-hybridized carbons (Fsp3) is 0. The van der Waals surface area contributed by atoms with E-state index in [0.29, 0.717) is 0 Å². The molecule has 5 heteroatoms. The molecule has 0 radical (unpaired) electrons. The van der Waals surface area contributed by atoms with Gasteiger partial charge in [0, 0.05) is 90.6 Å². The van der Waals surface area contributed by atoms with Gasteiger partial charge in [-0.05, 0) is 72.3 Å². The second kappa shape index (κ2) is 12.2. The molecule has 0 fully saturated rings. The number of hydrogen-bond donors (Lipinski definition) is 0. The van der Waals surface area contributed by atoms with Crippen LogP contribution < -0.4 is 0 Å². The number of benzene rings is 8. The Labute approximate surface area is 340 Å². The number of nitrogens with zero attached hydrogens (tertiary/aromatic N) is 3. The van der Waals surface area contributed by atoms with Crippen LogP contribution in [0.4, 0.5) is 0 Å². The van der Waals surface area contributed by atoms with Crippen molar-refractivity contribution in [3.05, 3.63) is 188 Å². The molecule has 0 aliphatic rings. The maximum atomic E-state index is 5.07. The van der Waals surface area contributed by atoms with Gasteiger partial charge < -0.3 is 9.13 Å². The van der Waals surface area contributed by atoms with Gasteiger partial charge in [0.1, 0.15) is 0 Å². The summed E-state index contributed by atoms with van der Waals surface area (Å²) < 4.78 is 10.2. The quantitative estimate of drug-likeness (QED) is 0.175. The first-order valence-corrected chi connectivity index (χ1v) is 21.2. The third-order valence-corrected chi connectivity index (χ3v) is 14.4. The zero-order valence-corrected chi connectivity index (χ0v) is 32.7. The van der Waals surface area contributed by atoms with Crippen LogP contribution >= 0.6 is 22.7 Å². The molecule has 0 N–H and O–H groups in total. The van der Waals surface area contributed by atoms with Crippen LogP contribution in [0.2, 0.25) is 0 Å². The number of rotatable bonds is 4. The molecule has 8 aromatic carbocycles. The van der Waals surface area contributed by atoms with E-state index in [-0.39, 0.29) is 0 Å². The molecule has 0 saturated heterocycles. The van der Waals surface area contributed by atoms with Crippen molar-refractivity contribution in [3.63, 3.8) is 0 Å². The molecule has 5 aromatic heterocycles. The lowest BCUT2D eigenvalue weighted by Crippen LogP contribution is -1.95. The standard InChI is InChI=1S/C53H31N3S2/c1-5-19-44-41(17-1)50-46(27-24-39-37-15-3-7-21-48(37)57-52(39)50)55(44)35-13-9-11-32(29-35)34-23-26-43(54-31-34)33-12-10-14-36(30-33)56-45-20-6-2-18-42(45)51-47(56)28-25-40-38-16-4-8-22-49(38)58-53(40)51/h1-31H. The van der Waals surface area contributed by atoms with Gasteiger partial charge in [-0.2, -0.15) is 0 Å². The highest BCUT2D eigenvalue weighted by atomic mass is 32.1. The molecular weight excluding hydrogens is 743 g/mol. The Hall–Kier alpha value is -7.05. The van der Waals surface area contributed by atoms with Crippen LogP contribution in [0.1, 0.15) is 0 Å². The van der Waals surface area contributed by atoms with E-state index in [1.54, 1.807) is 0 Å². The van der Waals surface area contributed by atoms with Gasteiger partial charge in [0.2, 0.25) is 0 Å². The highest BCUT2D eigenvalue weighted by molar-refractivity contribution is 7.27. The summed E-state index contributed by atoms with van der Waals surface area (Å²) in [5.74, 6) is 0. The number of pyridine rings is 1. The van der Waals surface area contributed by atoms with Crippen LogP contribution in [0.15, 0.2) is 188 Å². The van der Waals surface area contributed by atoms with Crippen molar-refractivity contribution in [1.82, 2.24) is 14.1 Å². The summed E-state index contributed by atoms with van der Waals surface area (Å²) in [6, 6.07) is 66.4. The first kappa shape index (κ1) is 32.1. The molecule has 3 nitrogen and oxygen atoms in total. The molecule has 0 aliphatic carbocycles. The molecular formula is C53H31N3S2. The summed E-state index contributed by atoms with van der Waals surface area (Å²) >= 11 is 3.78. The lowest BCUT2D eigenvalue weighted by atomic mass is 10.0. The third kappa shape index (κ3) is 4.57. The predicted octanol–water partition coefficient (Wildman–Crippen LogP) is 15.3. The maximum Gasteiger partial charge on any atom is 0.0703 e. The van der Waals surface area contributed by atoms with Crippen molar-refractivity contribution in [2.24, 2.45) is 0 Å². The van der Waals surface area contributed by atoms with Gasteiger partial charge >= 0.3 is 0 Å². The minimum Gasteiger partial charge on any atom is -0.309 e. The first-order chi connectivity index (χ1) is 28.8. The molecule has 0 spiro atoms. The summed E-state index contributed by atoms with van der Waals surface area (Å²) in [5.41, 5.74) is 11.4. The number of aromatic nitrogens is 3. The lowest BCUT2D eigenvalue weighted by molar-refractivity contribution is 1.18. The summed E-state index contributed by atoms with van der Waals surface area (Å²) in [4.78, 5) is 5.07. The topological polar surface area (TPSA) is 22.8 Å². The maximum absolute atomic E-state index is 5.07. The monoisotopic (exact) mass is 773 g/mol. The minimum absolute atomic E-state index is 0.948. The average molecular weight is 774 g/mol. The summed E-state index contributed by atoms with van der Waals surface area (Å²) in [7, 11) is 0. The van der Waals surface area contributed by atoms with Gasteiger partial charge in [-0.3, -0.25) is 4.98 Å². The highest BCUT2D eigenvalue weighted by Crippen LogP contribution is 2.45. The Morgan fingerprint density at radius 2 is 0.845 bits per heavy atom. The summed E-state index contributed by atoms with van der Waals surface area (Å²) in [6.07, 6.45) is 2.02. The fourth-order valence-corrected chi connectivity index (χ4v) is 11.9. The highest BCUT2D eigenvalue weighted by Gasteiger charge is 2.19. The molecule has 0 saturated carbocycles. The number of hydrogen-bond acceptors (Lipinski definition) is 3. The van der Waals surface area contributed by atoms with Gasteiger partial charge in [0.05, 0.1) is 27.8 Å². The van der Waals surface area contributed by atoms with E-state index in [1.807, 2.05) is 28.9 Å². The zero-order valence-electron chi connectivity index (χ0n) is 31.1. The van der Waals surface area contributed by atoms with Gasteiger partial charge in [-0.25, -0.2) is 0 Å². The molecule has 270 valence electrons.